The van der Waals surface area contributed by atoms with Gasteiger partial charge in [-0.25, -0.2) is 4.98 Å². The minimum atomic E-state index is -0.265. The van der Waals surface area contributed by atoms with Crippen LogP contribution in [0.2, 0.25) is 5.02 Å². The Morgan fingerprint density at radius 3 is 2.70 bits per heavy atom. The first kappa shape index (κ1) is 20.3. The van der Waals surface area contributed by atoms with Gasteiger partial charge in [-0.1, -0.05) is 54.1 Å². The van der Waals surface area contributed by atoms with E-state index in [9.17, 15) is 9.59 Å². The molecule has 2 aromatic carbocycles. The van der Waals surface area contributed by atoms with Crippen LogP contribution >= 0.6 is 22.9 Å². The summed E-state index contributed by atoms with van der Waals surface area (Å²) in [6.07, 6.45) is 1.44. The zero-order valence-corrected chi connectivity index (χ0v) is 18.1. The molecule has 5 nitrogen and oxygen atoms in total. The standard InChI is InChI=1S/C23H20ClN3O2S/c1-14(17-9-6-10-18(24)11-17)26-19(28)12-27-13-25-22-21(23(27)29)20(15(2)30-22)16-7-4-3-5-8-16/h3-11,13-14H,12H2,1-2H3,(H,26,28). The summed E-state index contributed by atoms with van der Waals surface area (Å²) in [6.45, 7) is 3.76. The Morgan fingerprint density at radius 2 is 1.97 bits per heavy atom. The van der Waals surface area contributed by atoms with Gasteiger partial charge in [0.25, 0.3) is 5.56 Å². The monoisotopic (exact) mass is 437 g/mol. The SMILES string of the molecule is Cc1sc2ncn(CC(=O)NC(C)c3cccc(Cl)c3)c(=O)c2c1-c1ccccc1. The number of benzene rings is 2. The molecular weight excluding hydrogens is 418 g/mol. The van der Waals surface area contributed by atoms with Crippen molar-refractivity contribution >= 4 is 39.1 Å². The van der Waals surface area contributed by atoms with Gasteiger partial charge >= 0.3 is 0 Å². The van der Waals surface area contributed by atoms with Crippen LogP contribution in [0.15, 0.2) is 65.7 Å². The van der Waals surface area contributed by atoms with Gasteiger partial charge in [-0.3, -0.25) is 14.2 Å². The predicted molar refractivity (Wildman–Crippen MR) is 122 cm³/mol. The molecule has 2 heterocycles. The first-order valence-corrected chi connectivity index (χ1v) is 10.7. The predicted octanol–water partition coefficient (Wildman–Crippen LogP) is 4.96. The van der Waals surface area contributed by atoms with Crippen LogP contribution in [0.4, 0.5) is 0 Å². The third-order valence-corrected chi connectivity index (χ3v) is 6.21. The molecule has 152 valence electrons. The number of carbonyl (C=O) groups excluding carboxylic acids is 1. The van der Waals surface area contributed by atoms with E-state index in [1.165, 1.54) is 22.2 Å². The second-order valence-electron chi connectivity index (χ2n) is 7.10. The van der Waals surface area contributed by atoms with Crippen LogP contribution < -0.4 is 10.9 Å². The van der Waals surface area contributed by atoms with E-state index in [2.05, 4.69) is 10.3 Å². The fourth-order valence-electron chi connectivity index (χ4n) is 3.50. The molecule has 1 amide bonds. The Morgan fingerprint density at radius 1 is 1.20 bits per heavy atom. The summed E-state index contributed by atoms with van der Waals surface area (Å²) in [4.78, 5) is 31.9. The maximum absolute atomic E-state index is 13.2. The summed E-state index contributed by atoms with van der Waals surface area (Å²) in [6, 6.07) is 16.9. The molecule has 1 atom stereocenters. The molecule has 4 rings (SSSR count). The van der Waals surface area contributed by atoms with Gasteiger partial charge < -0.3 is 5.32 Å². The van der Waals surface area contributed by atoms with Gasteiger partial charge in [0.15, 0.2) is 0 Å². The number of nitrogens with one attached hydrogen (secondary N) is 1. The zero-order valence-electron chi connectivity index (χ0n) is 16.6. The fourth-order valence-corrected chi connectivity index (χ4v) is 4.71. The van der Waals surface area contributed by atoms with E-state index in [1.54, 1.807) is 6.07 Å². The number of carbonyl (C=O) groups is 1. The highest BCUT2D eigenvalue weighted by Crippen LogP contribution is 2.35. The van der Waals surface area contributed by atoms with Crippen molar-refractivity contribution in [3.8, 4) is 11.1 Å². The Kier molecular flexibility index (Phi) is 5.70. The number of hydrogen-bond acceptors (Lipinski definition) is 4. The number of rotatable bonds is 5. The van der Waals surface area contributed by atoms with Crippen molar-refractivity contribution in [3.05, 3.63) is 86.7 Å². The molecule has 0 bridgehead atoms. The Balaban J connectivity index is 1.63. The number of aromatic nitrogens is 2. The van der Waals surface area contributed by atoms with Crippen molar-refractivity contribution in [2.75, 3.05) is 0 Å². The molecule has 30 heavy (non-hydrogen) atoms. The molecule has 1 unspecified atom stereocenters. The van der Waals surface area contributed by atoms with Gasteiger partial charge in [0.1, 0.15) is 11.4 Å². The molecule has 0 radical (unpaired) electrons. The van der Waals surface area contributed by atoms with Gasteiger partial charge in [0.2, 0.25) is 5.91 Å². The van der Waals surface area contributed by atoms with E-state index < -0.39 is 0 Å². The number of thiophene rings is 1. The third-order valence-electron chi connectivity index (χ3n) is 4.96. The minimum Gasteiger partial charge on any atom is -0.348 e. The highest BCUT2D eigenvalue weighted by atomic mass is 35.5. The van der Waals surface area contributed by atoms with Gasteiger partial charge in [-0.2, -0.15) is 0 Å². The second kappa shape index (κ2) is 8.42. The number of halogens is 1. The molecule has 0 saturated heterocycles. The van der Waals surface area contributed by atoms with E-state index in [1.807, 2.05) is 62.4 Å². The maximum Gasteiger partial charge on any atom is 0.263 e. The number of nitrogens with zero attached hydrogens (tertiary/aromatic N) is 2. The molecule has 0 spiro atoms. The quantitative estimate of drug-likeness (QED) is 0.479. The van der Waals surface area contributed by atoms with Crippen molar-refractivity contribution in [2.24, 2.45) is 0 Å². The van der Waals surface area contributed by atoms with Crippen LogP contribution in [0.3, 0.4) is 0 Å². The number of hydrogen-bond donors (Lipinski definition) is 1. The van der Waals surface area contributed by atoms with Crippen LogP contribution in [-0.2, 0) is 11.3 Å². The lowest BCUT2D eigenvalue weighted by molar-refractivity contribution is -0.122. The van der Waals surface area contributed by atoms with Crippen LogP contribution in [0, 0.1) is 6.92 Å². The van der Waals surface area contributed by atoms with Crippen molar-refractivity contribution in [1.29, 1.82) is 0 Å². The molecule has 0 aliphatic rings. The van der Waals surface area contributed by atoms with Crippen molar-refractivity contribution in [1.82, 2.24) is 14.9 Å². The zero-order chi connectivity index (χ0) is 21.3. The van der Waals surface area contributed by atoms with Gasteiger partial charge in [-0.15, -0.1) is 11.3 Å². The number of aryl methyl sites for hydroxylation is 1. The van der Waals surface area contributed by atoms with E-state index >= 15 is 0 Å². The lowest BCUT2D eigenvalue weighted by Crippen LogP contribution is -2.33. The summed E-state index contributed by atoms with van der Waals surface area (Å²) < 4.78 is 1.36. The maximum atomic E-state index is 13.2. The molecule has 0 aliphatic carbocycles. The van der Waals surface area contributed by atoms with Crippen LogP contribution in [0.25, 0.3) is 21.3 Å². The second-order valence-corrected chi connectivity index (χ2v) is 8.74. The largest absolute Gasteiger partial charge is 0.348 e. The van der Waals surface area contributed by atoms with Gasteiger partial charge in [0.05, 0.1) is 17.8 Å². The summed E-state index contributed by atoms with van der Waals surface area (Å²) in [5.74, 6) is -0.265. The fraction of sp³-hybridized carbons (Fsp3) is 0.174. The van der Waals surface area contributed by atoms with Gasteiger partial charge in [-0.05, 0) is 37.1 Å². The summed E-state index contributed by atoms with van der Waals surface area (Å²) in [5, 5.41) is 4.09. The topological polar surface area (TPSA) is 64.0 Å². The molecule has 2 aromatic heterocycles. The van der Waals surface area contributed by atoms with E-state index in [0.717, 1.165) is 21.6 Å². The lowest BCUT2D eigenvalue weighted by atomic mass is 10.0. The summed E-state index contributed by atoms with van der Waals surface area (Å²) >= 11 is 7.52. The minimum absolute atomic E-state index is 0.101. The summed E-state index contributed by atoms with van der Waals surface area (Å²) in [5.41, 5.74) is 2.54. The number of fused-ring (bicyclic) bond motifs is 1. The average molecular weight is 438 g/mol. The average Bonchev–Trinajstić information content (AvgIpc) is 3.07. The van der Waals surface area contributed by atoms with Crippen LogP contribution in [-0.4, -0.2) is 15.5 Å². The Bertz CT molecular complexity index is 1280. The van der Waals surface area contributed by atoms with Crippen LogP contribution in [0.1, 0.15) is 23.4 Å². The molecule has 0 fully saturated rings. The van der Waals surface area contributed by atoms with E-state index in [0.29, 0.717) is 15.2 Å². The first-order valence-electron chi connectivity index (χ1n) is 9.53. The third kappa shape index (κ3) is 4.01. The molecule has 0 aliphatic heterocycles. The normalized spacial score (nSPS) is 12.1. The molecule has 4 aromatic rings. The lowest BCUT2D eigenvalue weighted by Gasteiger charge is -2.15. The van der Waals surface area contributed by atoms with Crippen molar-refractivity contribution in [3.63, 3.8) is 0 Å². The Labute approximate surface area is 183 Å². The molecule has 7 heteroatoms. The summed E-state index contributed by atoms with van der Waals surface area (Å²) in [7, 11) is 0. The molecular formula is C23H20ClN3O2S. The van der Waals surface area contributed by atoms with Crippen molar-refractivity contribution in [2.45, 2.75) is 26.4 Å². The highest BCUT2D eigenvalue weighted by Gasteiger charge is 2.18. The molecule has 0 saturated carbocycles. The van der Waals surface area contributed by atoms with E-state index in [4.69, 9.17) is 11.6 Å². The first-order chi connectivity index (χ1) is 14.4. The molecule has 1 N–H and O–H groups in total. The smallest absolute Gasteiger partial charge is 0.263 e. The van der Waals surface area contributed by atoms with Crippen molar-refractivity contribution < 1.29 is 4.79 Å². The van der Waals surface area contributed by atoms with Crippen LogP contribution in [0.5, 0.6) is 0 Å². The number of amides is 1. The Hall–Kier alpha value is -2.96. The van der Waals surface area contributed by atoms with E-state index in [-0.39, 0.29) is 24.1 Å². The highest BCUT2D eigenvalue weighted by molar-refractivity contribution is 7.19. The van der Waals surface area contributed by atoms with Gasteiger partial charge in [0, 0.05) is 15.5 Å².